The second-order valence-corrected chi connectivity index (χ2v) is 3.88. The quantitative estimate of drug-likeness (QED) is 0.389. The highest BCUT2D eigenvalue weighted by Gasteiger charge is 2.21. The average Bonchev–Trinajstić information content (AvgIpc) is 2.50. The molecule has 0 saturated heterocycles. The summed E-state index contributed by atoms with van der Waals surface area (Å²) in [5.41, 5.74) is 5.73. The van der Waals surface area contributed by atoms with E-state index in [0.717, 1.165) is 4.70 Å². The van der Waals surface area contributed by atoms with Gasteiger partial charge in [0, 0.05) is 21.2 Å². The first-order valence-electron chi connectivity index (χ1n) is 3.96. The van der Waals surface area contributed by atoms with Crippen LogP contribution in [-0.2, 0) is 0 Å². The minimum absolute atomic E-state index is 0.0316. The molecule has 4 nitrogen and oxygen atoms in total. The van der Waals surface area contributed by atoms with Crippen LogP contribution in [0.1, 0.15) is 0 Å². The summed E-state index contributed by atoms with van der Waals surface area (Å²) in [6, 6.07) is 3.33. The Balaban J connectivity index is 2.82. The third-order valence-corrected chi connectivity index (χ3v) is 2.93. The molecule has 0 unspecified atom stereocenters. The molecule has 14 heavy (non-hydrogen) atoms. The van der Waals surface area contributed by atoms with Crippen LogP contribution in [0.25, 0.3) is 10.1 Å². The molecule has 2 rings (SSSR count). The number of nitrogens with two attached hydrogens (primary N) is 1. The number of hydrogen-bond acceptors (Lipinski definition) is 5. The lowest BCUT2D eigenvalue weighted by molar-refractivity contribution is 0.420. The summed E-state index contributed by atoms with van der Waals surface area (Å²) >= 11 is 1.43. The molecule has 0 amide bonds. The molecule has 1 heterocycles. The molecule has 2 aromatic rings. The van der Waals surface area contributed by atoms with E-state index in [9.17, 15) is 5.11 Å². The van der Waals surface area contributed by atoms with E-state index >= 15 is 0 Å². The monoisotopic (exact) mass is 209 g/mol. The van der Waals surface area contributed by atoms with Crippen LogP contribution in [-0.4, -0.2) is 22.3 Å². The SMILES string of the molecule is Nc1cc2sccc2c(O)c1B(O)O. The second-order valence-electron chi connectivity index (χ2n) is 2.93. The van der Waals surface area contributed by atoms with Gasteiger partial charge in [-0.25, -0.2) is 0 Å². The lowest BCUT2D eigenvalue weighted by Crippen LogP contribution is -2.32. The molecule has 0 radical (unpaired) electrons. The summed E-state index contributed by atoms with van der Waals surface area (Å²) < 4.78 is 0.824. The number of aromatic hydroxyl groups is 1. The Morgan fingerprint density at radius 1 is 1.36 bits per heavy atom. The zero-order valence-electron chi connectivity index (χ0n) is 7.14. The van der Waals surface area contributed by atoms with Crippen LogP contribution in [0.3, 0.4) is 0 Å². The highest BCUT2D eigenvalue weighted by atomic mass is 32.1. The Hall–Kier alpha value is -1.24. The van der Waals surface area contributed by atoms with E-state index in [1.165, 1.54) is 11.3 Å². The number of fused-ring (bicyclic) bond motifs is 1. The van der Waals surface area contributed by atoms with Crippen LogP contribution >= 0.6 is 11.3 Å². The van der Waals surface area contributed by atoms with Gasteiger partial charge in [-0.15, -0.1) is 11.3 Å². The van der Waals surface area contributed by atoms with Crippen molar-refractivity contribution in [3.05, 3.63) is 17.5 Å². The summed E-state index contributed by atoms with van der Waals surface area (Å²) in [5, 5.41) is 30.1. The van der Waals surface area contributed by atoms with Crippen LogP contribution in [0.4, 0.5) is 5.69 Å². The van der Waals surface area contributed by atoms with Gasteiger partial charge < -0.3 is 20.9 Å². The molecule has 1 aromatic carbocycles. The fraction of sp³-hybridized carbons (Fsp3) is 0. The first kappa shape index (κ1) is 9.33. The van der Waals surface area contributed by atoms with Crippen LogP contribution in [0, 0.1) is 0 Å². The lowest BCUT2D eigenvalue weighted by atomic mass is 9.77. The minimum atomic E-state index is -1.75. The van der Waals surface area contributed by atoms with Gasteiger partial charge in [0.1, 0.15) is 5.75 Å². The van der Waals surface area contributed by atoms with Crippen molar-refractivity contribution in [1.82, 2.24) is 0 Å². The van der Waals surface area contributed by atoms with E-state index < -0.39 is 7.12 Å². The van der Waals surface area contributed by atoms with E-state index in [-0.39, 0.29) is 16.9 Å². The number of phenolic OH excluding ortho intramolecular Hbond substituents is 1. The van der Waals surface area contributed by atoms with E-state index in [0.29, 0.717) is 5.39 Å². The van der Waals surface area contributed by atoms with Gasteiger partial charge in [-0.05, 0) is 17.5 Å². The highest BCUT2D eigenvalue weighted by molar-refractivity contribution is 7.17. The van der Waals surface area contributed by atoms with Crippen molar-refractivity contribution in [2.75, 3.05) is 5.73 Å². The van der Waals surface area contributed by atoms with E-state index in [1.807, 2.05) is 0 Å². The third-order valence-electron chi connectivity index (χ3n) is 2.06. The molecule has 1 aromatic heterocycles. The summed E-state index contributed by atoms with van der Waals surface area (Å²) in [6.45, 7) is 0. The van der Waals surface area contributed by atoms with Crippen molar-refractivity contribution in [2.24, 2.45) is 0 Å². The zero-order valence-corrected chi connectivity index (χ0v) is 7.95. The number of anilines is 1. The van der Waals surface area contributed by atoms with Gasteiger partial charge in [0.05, 0.1) is 0 Å². The van der Waals surface area contributed by atoms with Gasteiger partial charge in [0.2, 0.25) is 0 Å². The Morgan fingerprint density at radius 3 is 2.71 bits per heavy atom. The molecule has 72 valence electrons. The number of nitrogen functional groups attached to an aromatic ring is 1. The van der Waals surface area contributed by atoms with Crippen LogP contribution in [0.15, 0.2) is 17.5 Å². The Morgan fingerprint density at radius 2 is 2.07 bits per heavy atom. The maximum Gasteiger partial charge on any atom is 0.494 e. The normalized spacial score (nSPS) is 10.7. The van der Waals surface area contributed by atoms with Gasteiger partial charge in [-0.1, -0.05) is 0 Å². The number of phenols is 1. The fourth-order valence-corrected chi connectivity index (χ4v) is 2.24. The summed E-state index contributed by atoms with van der Waals surface area (Å²) in [6.07, 6.45) is 0. The molecule has 0 aliphatic heterocycles. The summed E-state index contributed by atoms with van der Waals surface area (Å²) in [4.78, 5) is 0. The zero-order chi connectivity index (χ0) is 10.3. The topological polar surface area (TPSA) is 86.7 Å². The van der Waals surface area contributed by atoms with E-state index in [1.54, 1.807) is 17.5 Å². The molecule has 0 spiro atoms. The molecule has 0 saturated carbocycles. The molecular weight excluding hydrogens is 201 g/mol. The summed E-state index contributed by atoms with van der Waals surface area (Å²) in [5.74, 6) is -0.156. The van der Waals surface area contributed by atoms with Gasteiger partial charge in [0.15, 0.2) is 0 Å². The maximum absolute atomic E-state index is 9.70. The predicted octanol–water partition coefficient (Wildman–Crippen LogP) is -0.131. The Bertz CT molecular complexity index is 483. The minimum Gasteiger partial charge on any atom is -0.508 e. The standard InChI is InChI=1S/C8H8BNO3S/c10-5-3-6-4(1-2-14-6)8(11)7(5)9(12)13/h1-3,11-13H,10H2. The van der Waals surface area contributed by atoms with Crippen molar-refractivity contribution < 1.29 is 15.2 Å². The summed E-state index contributed by atoms with van der Waals surface area (Å²) in [7, 11) is -1.75. The first-order valence-corrected chi connectivity index (χ1v) is 4.84. The number of thiophene rings is 1. The third kappa shape index (κ3) is 1.24. The average molecular weight is 209 g/mol. The van der Waals surface area contributed by atoms with Crippen molar-refractivity contribution >= 4 is 39.7 Å². The van der Waals surface area contributed by atoms with Gasteiger partial charge in [0.25, 0.3) is 0 Å². The number of benzene rings is 1. The fourth-order valence-electron chi connectivity index (χ4n) is 1.40. The molecule has 0 bridgehead atoms. The maximum atomic E-state index is 9.70. The molecule has 0 fully saturated rings. The van der Waals surface area contributed by atoms with Gasteiger partial charge in [-0.2, -0.15) is 0 Å². The number of rotatable bonds is 1. The van der Waals surface area contributed by atoms with E-state index in [4.69, 9.17) is 15.8 Å². The van der Waals surface area contributed by atoms with Crippen LogP contribution < -0.4 is 11.2 Å². The molecule has 0 aliphatic carbocycles. The van der Waals surface area contributed by atoms with Gasteiger partial charge in [-0.3, -0.25) is 0 Å². The lowest BCUT2D eigenvalue weighted by Gasteiger charge is -2.07. The highest BCUT2D eigenvalue weighted by Crippen LogP contribution is 2.30. The molecule has 5 N–H and O–H groups in total. The predicted molar refractivity (Wildman–Crippen MR) is 57.7 cm³/mol. The Labute approximate surface area is 84.4 Å². The van der Waals surface area contributed by atoms with E-state index in [2.05, 4.69) is 0 Å². The van der Waals surface area contributed by atoms with Crippen molar-refractivity contribution in [3.8, 4) is 5.75 Å². The smallest absolute Gasteiger partial charge is 0.494 e. The van der Waals surface area contributed by atoms with Crippen LogP contribution in [0.5, 0.6) is 5.75 Å². The van der Waals surface area contributed by atoms with Crippen molar-refractivity contribution in [3.63, 3.8) is 0 Å². The molecular formula is C8H8BNO3S. The Kier molecular flexibility index (Phi) is 2.11. The molecule has 0 atom stereocenters. The number of hydrogen-bond donors (Lipinski definition) is 4. The second kappa shape index (κ2) is 3.16. The molecule has 6 heteroatoms. The van der Waals surface area contributed by atoms with Crippen LogP contribution in [0.2, 0.25) is 0 Å². The first-order chi connectivity index (χ1) is 6.61. The van der Waals surface area contributed by atoms with Crippen molar-refractivity contribution in [2.45, 2.75) is 0 Å². The largest absolute Gasteiger partial charge is 0.508 e. The molecule has 0 aliphatic rings. The van der Waals surface area contributed by atoms with Gasteiger partial charge >= 0.3 is 7.12 Å². The van der Waals surface area contributed by atoms with Crippen molar-refractivity contribution in [1.29, 1.82) is 0 Å².